The van der Waals surface area contributed by atoms with Gasteiger partial charge in [0.05, 0.1) is 13.7 Å². The van der Waals surface area contributed by atoms with Crippen LogP contribution in [0.15, 0.2) is 24.3 Å². The summed E-state index contributed by atoms with van der Waals surface area (Å²) < 4.78 is 10.6. The van der Waals surface area contributed by atoms with E-state index >= 15 is 0 Å². The molecule has 2 unspecified atom stereocenters. The average molecular weight is 280 g/mol. The fraction of sp³-hybridized carbons (Fsp3) is 0.533. The first kappa shape index (κ1) is 16.3. The SMILES string of the molecule is COc1ccc(OCCCNC(=O)C(C)C(C)N)cc1. The number of rotatable bonds is 8. The van der Waals surface area contributed by atoms with Crippen molar-refractivity contribution in [1.29, 1.82) is 0 Å². The van der Waals surface area contributed by atoms with Crippen molar-refractivity contribution < 1.29 is 14.3 Å². The van der Waals surface area contributed by atoms with Gasteiger partial charge in [-0.1, -0.05) is 6.92 Å². The van der Waals surface area contributed by atoms with Crippen molar-refractivity contribution in [1.82, 2.24) is 5.32 Å². The Morgan fingerprint density at radius 1 is 1.25 bits per heavy atom. The van der Waals surface area contributed by atoms with E-state index in [1.165, 1.54) is 0 Å². The van der Waals surface area contributed by atoms with Crippen LogP contribution >= 0.6 is 0 Å². The summed E-state index contributed by atoms with van der Waals surface area (Å²) in [7, 11) is 1.63. The molecule has 0 heterocycles. The number of nitrogens with one attached hydrogen (secondary N) is 1. The van der Waals surface area contributed by atoms with Crippen LogP contribution in [0.2, 0.25) is 0 Å². The van der Waals surface area contributed by atoms with Gasteiger partial charge in [0.2, 0.25) is 5.91 Å². The van der Waals surface area contributed by atoms with E-state index < -0.39 is 0 Å². The fourth-order valence-corrected chi connectivity index (χ4v) is 1.55. The molecule has 2 atom stereocenters. The molecule has 0 bridgehead atoms. The molecule has 0 saturated carbocycles. The van der Waals surface area contributed by atoms with E-state index in [1.54, 1.807) is 7.11 Å². The van der Waals surface area contributed by atoms with Crippen molar-refractivity contribution in [3.8, 4) is 11.5 Å². The molecule has 0 aliphatic heterocycles. The van der Waals surface area contributed by atoms with Crippen molar-refractivity contribution in [2.75, 3.05) is 20.3 Å². The molecule has 112 valence electrons. The van der Waals surface area contributed by atoms with Crippen LogP contribution in [0.1, 0.15) is 20.3 Å². The van der Waals surface area contributed by atoms with E-state index in [9.17, 15) is 4.79 Å². The van der Waals surface area contributed by atoms with Crippen molar-refractivity contribution in [2.24, 2.45) is 11.7 Å². The largest absolute Gasteiger partial charge is 0.497 e. The molecule has 5 heteroatoms. The summed E-state index contributed by atoms with van der Waals surface area (Å²) in [5.74, 6) is 1.41. The number of nitrogens with two attached hydrogens (primary N) is 1. The van der Waals surface area contributed by atoms with Gasteiger partial charge in [0.1, 0.15) is 11.5 Å². The zero-order chi connectivity index (χ0) is 15.0. The first-order valence-electron chi connectivity index (χ1n) is 6.84. The fourth-order valence-electron chi connectivity index (χ4n) is 1.55. The predicted molar refractivity (Wildman–Crippen MR) is 78.9 cm³/mol. The summed E-state index contributed by atoms with van der Waals surface area (Å²) in [6.45, 7) is 4.80. The van der Waals surface area contributed by atoms with E-state index in [-0.39, 0.29) is 17.9 Å². The van der Waals surface area contributed by atoms with Gasteiger partial charge in [-0.3, -0.25) is 4.79 Å². The van der Waals surface area contributed by atoms with Crippen LogP contribution in [0, 0.1) is 5.92 Å². The van der Waals surface area contributed by atoms with E-state index in [0.717, 1.165) is 17.9 Å². The summed E-state index contributed by atoms with van der Waals surface area (Å²) in [5.41, 5.74) is 5.67. The first-order chi connectivity index (χ1) is 9.54. The summed E-state index contributed by atoms with van der Waals surface area (Å²) in [5, 5.41) is 2.85. The van der Waals surface area contributed by atoms with Gasteiger partial charge in [-0.25, -0.2) is 0 Å². The monoisotopic (exact) mass is 280 g/mol. The number of amides is 1. The Labute approximate surface area is 120 Å². The number of carbonyl (C=O) groups excluding carboxylic acids is 1. The maximum absolute atomic E-state index is 11.6. The number of carbonyl (C=O) groups is 1. The van der Waals surface area contributed by atoms with Crippen molar-refractivity contribution >= 4 is 5.91 Å². The van der Waals surface area contributed by atoms with Crippen LogP contribution < -0.4 is 20.5 Å². The summed E-state index contributed by atoms with van der Waals surface area (Å²) in [6.07, 6.45) is 0.753. The molecule has 3 N–H and O–H groups in total. The highest BCUT2D eigenvalue weighted by atomic mass is 16.5. The number of hydrogen-bond acceptors (Lipinski definition) is 4. The molecular formula is C15H24N2O3. The molecule has 5 nitrogen and oxygen atoms in total. The van der Waals surface area contributed by atoms with Gasteiger partial charge in [-0.05, 0) is 37.6 Å². The minimum absolute atomic E-state index is 0.00977. The van der Waals surface area contributed by atoms with Gasteiger partial charge in [0.25, 0.3) is 0 Å². The maximum atomic E-state index is 11.6. The summed E-state index contributed by atoms with van der Waals surface area (Å²) in [6, 6.07) is 7.28. The third-order valence-corrected chi connectivity index (χ3v) is 3.15. The molecule has 0 aliphatic carbocycles. The molecular weight excluding hydrogens is 256 g/mol. The van der Waals surface area contributed by atoms with E-state index in [0.29, 0.717) is 13.2 Å². The number of benzene rings is 1. The van der Waals surface area contributed by atoms with E-state index in [1.807, 2.05) is 38.1 Å². The third kappa shape index (κ3) is 5.48. The topological polar surface area (TPSA) is 73.6 Å². The van der Waals surface area contributed by atoms with Crippen LogP contribution in [0.3, 0.4) is 0 Å². The van der Waals surface area contributed by atoms with Crippen molar-refractivity contribution in [2.45, 2.75) is 26.3 Å². The minimum atomic E-state index is -0.169. The third-order valence-electron chi connectivity index (χ3n) is 3.15. The average Bonchev–Trinajstić information content (AvgIpc) is 2.46. The van der Waals surface area contributed by atoms with Gasteiger partial charge in [0, 0.05) is 18.5 Å². The molecule has 1 aromatic rings. The highest BCUT2D eigenvalue weighted by molar-refractivity contribution is 5.78. The Morgan fingerprint density at radius 2 is 1.85 bits per heavy atom. The van der Waals surface area contributed by atoms with E-state index in [2.05, 4.69) is 5.32 Å². The van der Waals surface area contributed by atoms with Crippen molar-refractivity contribution in [3.05, 3.63) is 24.3 Å². The van der Waals surface area contributed by atoms with Gasteiger partial charge in [0.15, 0.2) is 0 Å². The number of ether oxygens (including phenoxy) is 2. The van der Waals surface area contributed by atoms with Gasteiger partial charge in [-0.15, -0.1) is 0 Å². The number of hydrogen-bond donors (Lipinski definition) is 2. The van der Waals surface area contributed by atoms with Crippen molar-refractivity contribution in [3.63, 3.8) is 0 Å². The Balaban J connectivity index is 2.17. The van der Waals surface area contributed by atoms with Crippen LogP contribution in [-0.4, -0.2) is 32.2 Å². The molecule has 0 fully saturated rings. The lowest BCUT2D eigenvalue weighted by Crippen LogP contribution is -2.39. The Bertz CT molecular complexity index is 404. The quantitative estimate of drug-likeness (QED) is 0.709. The Kier molecular flexibility index (Phi) is 6.87. The molecule has 1 rings (SSSR count). The number of methoxy groups -OCH3 is 1. The summed E-state index contributed by atoms with van der Waals surface area (Å²) >= 11 is 0. The standard InChI is InChI=1S/C15H24N2O3/c1-11(12(2)16)15(18)17-9-4-10-20-14-7-5-13(19-3)6-8-14/h5-8,11-12H,4,9-10,16H2,1-3H3,(H,17,18). The lowest BCUT2D eigenvalue weighted by atomic mass is 10.0. The van der Waals surface area contributed by atoms with Crippen LogP contribution in [-0.2, 0) is 4.79 Å². The molecule has 0 spiro atoms. The molecule has 0 radical (unpaired) electrons. The minimum Gasteiger partial charge on any atom is -0.497 e. The zero-order valence-electron chi connectivity index (χ0n) is 12.4. The van der Waals surface area contributed by atoms with Crippen LogP contribution in [0.5, 0.6) is 11.5 Å². The second-order valence-electron chi connectivity index (χ2n) is 4.82. The zero-order valence-corrected chi connectivity index (χ0v) is 12.4. The second kappa shape index (κ2) is 8.43. The Hall–Kier alpha value is -1.75. The second-order valence-corrected chi connectivity index (χ2v) is 4.82. The first-order valence-corrected chi connectivity index (χ1v) is 6.84. The molecule has 1 aromatic carbocycles. The van der Waals surface area contributed by atoms with Gasteiger partial charge >= 0.3 is 0 Å². The summed E-state index contributed by atoms with van der Waals surface area (Å²) in [4.78, 5) is 11.6. The lowest BCUT2D eigenvalue weighted by molar-refractivity contribution is -0.124. The maximum Gasteiger partial charge on any atom is 0.224 e. The highest BCUT2D eigenvalue weighted by Gasteiger charge is 2.15. The van der Waals surface area contributed by atoms with Gasteiger partial charge < -0.3 is 20.5 Å². The predicted octanol–water partition coefficient (Wildman–Crippen LogP) is 1.56. The van der Waals surface area contributed by atoms with Crippen LogP contribution in [0.25, 0.3) is 0 Å². The Morgan fingerprint density at radius 3 is 2.40 bits per heavy atom. The van der Waals surface area contributed by atoms with Crippen LogP contribution in [0.4, 0.5) is 0 Å². The normalized spacial score (nSPS) is 13.4. The molecule has 20 heavy (non-hydrogen) atoms. The van der Waals surface area contributed by atoms with E-state index in [4.69, 9.17) is 15.2 Å². The lowest BCUT2D eigenvalue weighted by Gasteiger charge is -2.15. The molecule has 0 saturated heterocycles. The molecule has 1 amide bonds. The highest BCUT2D eigenvalue weighted by Crippen LogP contribution is 2.16. The molecule has 0 aromatic heterocycles. The van der Waals surface area contributed by atoms with Gasteiger partial charge in [-0.2, -0.15) is 0 Å². The molecule has 0 aliphatic rings. The smallest absolute Gasteiger partial charge is 0.224 e.